The van der Waals surface area contributed by atoms with E-state index in [2.05, 4.69) is 9.82 Å². The first-order chi connectivity index (χ1) is 9.50. The Balaban J connectivity index is 3.09. The van der Waals surface area contributed by atoms with Crippen molar-refractivity contribution in [2.24, 2.45) is 0 Å². The van der Waals surface area contributed by atoms with Gasteiger partial charge in [0.2, 0.25) is 10.0 Å². The first-order valence-corrected chi connectivity index (χ1v) is 9.01. The van der Waals surface area contributed by atoms with Crippen LogP contribution in [0, 0.1) is 13.8 Å². The number of aromatic nitrogens is 2. The number of rotatable bonds is 7. The molecule has 0 unspecified atom stereocenters. The van der Waals surface area contributed by atoms with Gasteiger partial charge in [-0.2, -0.15) is 16.9 Å². The smallest absolute Gasteiger partial charge is 0.325 e. The number of nitrogens with one attached hydrogen (secondary N) is 1. The number of aryl methyl sites for hydroxylation is 1. The summed E-state index contributed by atoms with van der Waals surface area (Å²) in [5.74, 6) is -1.07. The van der Waals surface area contributed by atoms with Crippen LogP contribution in [0.25, 0.3) is 0 Å². The third-order valence-corrected chi connectivity index (χ3v) is 6.01. The number of aliphatic carboxylic acids is 1. The highest BCUT2D eigenvalue weighted by Crippen LogP contribution is 2.23. The van der Waals surface area contributed by atoms with E-state index in [0.29, 0.717) is 11.4 Å². The van der Waals surface area contributed by atoms with Gasteiger partial charge in [0.05, 0.1) is 11.4 Å². The van der Waals surface area contributed by atoms with E-state index in [-0.39, 0.29) is 22.7 Å². The third-order valence-electron chi connectivity index (χ3n) is 3.11. The standard InChI is InChI=1S/C12H21N3O4S2/c1-8-11(9(2)15(14-8)6-10(16)17)21(18,19)13-7-12(3,4)20-5/h13H,6-7H2,1-5H3,(H,16,17). The molecule has 0 spiro atoms. The zero-order valence-corrected chi connectivity index (χ0v) is 14.4. The van der Waals surface area contributed by atoms with Gasteiger partial charge in [-0.1, -0.05) is 0 Å². The van der Waals surface area contributed by atoms with Crippen LogP contribution in [0.5, 0.6) is 0 Å². The number of carboxylic acid groups (broad SMARTS) is 1. The number of thioether (sulfide) groups is 1. The van der Waals surface area contributed by atoms with E-state index < -0.39 is 16.0 Å². The molecule has 1 aromatic rings. The highest BCUT2D eigenvalue weighted by Gasteiger charge is 2.27. The summed E-state index contributed by atoms with van der Waals surface area (Å²) in [5.41, 5.74) is 0.618. The van der Waals surface area contributed by atoms with Crippen molar-refractivity contribution in [3.63, 3.8) is 0 Å². The van der Waals surface area contributed by atoms with Crippen LogP contribution in [-0.4, -0.2) is 46.8 Å². The Morgan fingerprint density at radius 2 is 2.00 bits per heavy atom. The van der Waals surface area contributed by atoms with Crippen molar-refractivity contribution in [1.29, 1.82) is 0 Å². The Kier molecular flexibility index (Phi) is 5.46. The quantitative estimate of drug-likeness (QED) is 0.771. The Labute approximate surface area is 129 Å². The van der Waals surface area contributed by atoms with Crippen molar-refractivity contribution in [1.82, 2.24) is 14.5 Å². The fourth-order valence-corrected chi connectivity index (χ4v) is 3.69. The van der Waals surface area contributed by atoms with Crippen LogP contribution < -0.4 is 4.72 Å². The van der Waals surface area contributed by atoms with E-state index in [0.717, 1.165) is 0 Å². The molecule has 0 radical (unpaired) electrons. The van der Waals surface area contributed by atoms with Gasteiger partial charge < -0.3 is 5.11 Å². The predicted molar refractivity (Wildman–Crippen MR) is 82.1 cm³/mol. The second-order valence-corrected chi connectivity index (χ2v) is 8.56. The first kappa shape index (κ1) is 18.0. The summed E-state index contributed by atoms with van der Waals surface area (Å²) in [6.07, 6.45) is 1.91. The molecule has 9 heteroatoms. The maximum atomic E-state index is 12.4. The second kappa shape index (κ2) is 6.37. The summed E-state index contributed by atoms with van der Waals surface area (Å²) in [7, 11) is -3.72. The number of carbonyl (C=O) groups is 1. The summed E-state index contributed by atoms with van der Waals surface area (Å²) in [6.45, 7) is 6.90. The van der Waals surface area contributed by atoms with Gasteiger partial charge in [-0.3, -0.25) is 9.48 Å². The van der Waals surface area contributed by atoms with E-state index in [9.17, 15) is 13.2 Å². The molecule has 0 aliphatic rings. The van der Waals surface area contributed by atoms with E-state index in [1.54, 1.807) is 25.6 Å². The van der Waals surface area contributed by atoms with E-state index >= 15 is 0 Å². The van der Waals surface area contributed by atoms with Crippen LogP contribution in [0.15, 0.2) is 4.90 Å². The Bertz CT molecular complexity index is 635. The third kappa shape index (κ3) is 4.45. The maximum Gasteiger partial charge on any atom is 0.325 e. The molecule has 7 nitrogen and oxygen atoms in total. The van der Waals surface area contributed by atoms with Crippen LogP contribution in [-0.2, 0) is 21.4 Å². The zero-order valence-electron chi connectivity index (χ0n) is 12.8. The van der Waals surface area contributed by atoms with Gasteiger partial charge in [-0.15, -0.1) is 0 Å². The summed E-state index contributed by atoms with van der Waals surface area (Å²) < 4.78 is 28.4. The topological polar surface area (TPSA) is 101 Å². The molecular weight excluding hydrogens is 314 g/mol. The molecule has 0 aromatic carbocycles. The van der Waals surface area contributed by atoms with Crippen molar-refractivity contribution < 1.29 is 18.3 Å². The number of hydrogen-bond acceptors (Lipinski definition) is 5. The minimum atomic E-state index is -3.72. The molecule has 0 amide bonds. The molecule has 0 bridgehead atoms. The molecule has 1 heterocycles. The lowest BCUT2D eigenvalue weighted by Crippen LogP contribution is -2.36. The summed E-state index contributed by atoms with van der Waals surface area (Å²) in [6, 6.07) is 0. The van der Waals surface area contributed by atoms with Gasteiger partial charge in [0, 0.05) is 11.3 Å². The van der Waals surface area contributed by atoms with Crippen molar-refractivity contribution in [2.45, 2.75) is 43.9 Å². The largest absolute Gasteiger partial charge is 0.480 e. The average Bonchev–Trinajstić information content (AvgIpc) is 2.62. The molecule has 0 fully saturated rings. The van der Waals surface area contributed by atoms with E-state index in [1.165, 1.54) is 4.68 Å². The fourth-order valence-electron chi connectivity index (χ4n) is 1.76. The van der Waals surface area contributed by atoms with Crippen molar-refractivity contribution in [3.8, 4) is 0 Å². The summed E-state index contributed by atoms with van der Waals surface area (Å²) >= 11 is 1.56. The number of hydrogen-bond donors (Lipinski definition) is 2. The van der Waals surface area contributed by atoms with Gasteiger partial charge in [-0.05, 0) is 34.0 Å². The Hall–Kier alpha value is -1.06. The Morgan fingerprint density at radius 1 is 1.43 bits per heavy atom. The van der Waals surface area contributed by atoms with Crippen molar-refractivity contribution >= 4 is 27.8 Å². The van der Waals surface area contributed by atoms with E-state index in [4.69, 9.17) is 5.11 Å². The normalized spacial score (nSPS) is 12.6. The van der Waals surface area contributed by atoms with E-state index in [1.807, 2.05) is 20.1 Å². The second-order valence-electron chi connectivity index (χ2n) is 5.34. The van der Waals surface area contributed by atoms with Crippen LogP contribution in [0.3, 0.4) is 0 Å². The summed E-state index contributed by atoms with van der Waals surface area (Å²) in [5, 5.41) is 12.8. The molecule has 0 saturated carbocycles. The molecular formula is C12H21N3O4S2. The fraction of sp³-hybridized carbons (Fsp3) is 0.667. The van der Waals surface area contributed by atoms with Crippen LogP contribution >= 0.6 is 11.8 Å². The average molecular weight is 335 g/mol. The first-order valence-electron chi connectivity index (χ1n) is 6.31. The van der Waals surface area contributed by atoms with Gasteiger partial charge in [-0.25, -0.2) is 13.1 Å². The molecule has 0 saturated heterocycles. The number of carboxylic acids is 1. The monoisotopic (exact) mass is 335 g/mol. The lowest BCUT2D eigenvalue weighted by Gasteiger charge is -2.22. The lowest BCUT2D eigenvalue weighted by molar-refractivity contribution is -0.137. The van der Waals surface area contributed by atoms with Crippen LogP contribution in [0.4, 0.5) is 0 Å². The predicted octanol–water partition coefficient (Wildman–Crippen LogP) is 1.00. The Morgan fingerprint density at radius 3 is 2.48 bits per heavy atom. The molecule has 2 N–H and O–H groups in total. The zero-order chi connectivity index (χ0) is 16.4. The SMILES string of the molecule is CSC(C)(C)CNS(=O)(=O)c1c(C)nn(CC(=O)O)c1C. The number of nitrogens with zero attached hydrogens (tertiary/aromatic N) is 2. The van der Waals surface area contributed by atoms with Crippen LogP contribution in [0.1, 0.15) is 25.2 Å². The maximum absolute atomic E-state index is 12.4. The lowest BCUT2D eigenvalue weighted by atomic mass is 10.2. The minimum Gasteiger partial charge on any atom is -0.480 e. The molecule has 0 atom stereocenters. The molecule has 0 aliphatic heterocycles. The number of sulfonamides is 1. The highest BCUT2D eigenvalue weighted by atomic mass is 32.2. The molecule has 21 heavy (non-hydrogen) atoms. The molecule has 120 valence electrons. The van der Waals surface area contributed by atoms with Crippen molar-refractivity contribution in [2.75, 3.05) is 12.8 Å². The van der Waals surface area contributed by atoms with Gasteiger partial charge in [0.15, 0.2) is 0 Å². The molecule has 1 aromatic heterocycles. The molecule has 1 rings (SSSR count). The van der Waals surface area contributed by atoms with Crippen LogP contribution in [0.2, 0.25) is 0 Å². The summed E-state index contributed by atoms with van der Waals surface area (Å²) in [4.78, 5) is 10.8. The van der Waals surface area contributed by atoms with Gasteiger partial charge in [0.25, 0.3) is 0 Å². The van der Waals surface area contributed by atoms with Gasteiger partial charge in [0.1, 0.15) is 11.4 Å². The van der Waals surface area contributed by atoms with Gasteiger partial charge >= 0.3 is 5.97 Å². The molecule has 0 aliphatic carbocycles. The minimum absolute atomic E-state index is 0.0562. The van der Waals surface area contributed by atoms with Crippen molar-refractivity contribution in [3.05, 3.63) is 11.4 Å². The highest BCUT2D eigenvalue weighted by molar-refractivity contribution is 8.00.